The Kier molecular flexibility index (Phi) is 3.59. The predicted octanol–water partition coefficient (Wildman–Crippen LogP) is 3.18. The Bertz CT molecular complexity index is 947. The number of hydrogen-bond donors (Lipinski definition) is 0. The maximum atomic E-state index is 13.0. The molecule has 0 saturated carbocycles. The third-order valence-electron chi connectivity index (χ3n) is 3.47. The summed E-state index contributed by atoms with van der Waals surface area (Å²) in [5.41, 5.74) is 2.28. The van der Waals surface area contributed by atoms with Crippen LogP contribution in [0.1, 0.15) is 5.56 Å². The summed E-state index contributed by atoms with van der Waals surface area (Å²) >= 11 is 0. The smallest absolute Gasteiger partial charge is 0.258 e. The van der Waals surface area contributed by atoms with Gasteiger partial charge in [-0.15, -0.1) is 5.10 Å². The summed E-state index contributed by atoms with van der Waals surface area (Å²) in [7, 11) is 0. The summed E-state index contributed by atoms with van der Waals surface area (Å²) in [6.07, 6.45) is 1.76. The SMILES string of the molecule is Fc1ccc(-c2nc(-c3cn(Cc4ccccc4)nn3)no2)cc1. The van der Waals surface area contributed by atoms with Crippen molar-refractivity contribution in [2.45, 2.75) is 6.54 Å². The van der Waals surface area contributed by atoms with Crippen molar-refractivity contribution in [2.24, 2.45) is 0 Å². The molecule has 2 aromatic heterocycles. The number of rotatable bonds is 4. The second-order valence-corrected chi connectivity index (χ2v) is 5.22. The lowest BCUT2D eigenvalue weighted by Crippen LogP contribution is -1.99. The van der Waals surface area contributed by atoms with Crippen molar-refractivity contribution in [3.63, 3.8) is 0 Å². The van der Waals surface area contributed by atoms with Crippen LogP contribution in [0.2, 0.25) is 0 Å². The summed E-state index contributed by atoms with van der Waals surface area (Å²) in [4.78, 5) is 4.28. The highest BCUT2D eigenvalue weighted by Crippen LogP contribution is 2.21. The van der Waals surface area contributed by atoms with Crippen molar-refractivity contribution in [3.05, 3.63) is 72.2 Å². The van der Waals surface area contributed by atoms with E-state index in [9.17, 15) is 4.39 Å². The van der Waals surface area contributed by atoms with Gasteiger partial charge in [0, 0.05) is 5.56 Å². The van der Waals surface area contributed by atoms with E-state index < -0.39 is 0 Å². The molecule has 0 atom stereocenters. The third-order valence-corrected chi connectivity index (χ3v) is 3.47. The van der Waals surface area contributed by atoms with Crippen molar-refractivity contribution in [3.8, 4) is 23.0 Å². The van der Waals surface area contributed by atoms with Crippen molar-refractivity contribution in [1.82, 2.24) is 25.1 Å². The van der Waals surface area contributed by atoms with E-state index in [1.807, 2.05) is 30.3 Å². The molecular formula is C17H12FN5O. The summed E-state index contributed by atoms with van der Waals surface area (Å²) < 4.78 is 19.9. The summed E-state index contributed by atoms with van der Waals surface area (Å²) in [6, 6.07) is 15.8. The van der Waals surface area contributed by atoms with Crippen molar-refractivity contribution in [2.75, 3.05) is 0 Å². The van der Waals surface area contributed by atoms with Gasteiger partial charge in [0.1, 0.15) is 5.82 Å². The van der Waals surface area contributed by atoms with Gasteiger partial charge in [-0.2, -0.15) is 4.98 Å². The second kappa shape index (κ2) is 6.04. The Hall–Kier alpha value is -3.35. The first-order chi connectivity index (χ1) is 11.8. The molecule has 0 aliphatic carbocycles. The van der Waals surface area contributed by atoms with Crippen LogP contribution >= 0.6 is 0 Å². The van der Waals surface area contributed by atoms with Gasteiger partial charge >= 0.3 is 0 Å². The molecule has 6 nitrogen and oxygen atoms in total. The van der Waals surface area contributed by atoms with Crippen LogP contribution in [0.4, 0.5) is 4.39 Å². The molecule has 0 N–H and O–H groups in total. The van der Waals surface area contributed by atoms with Crippen molar-refractivity contribution >= 4 is 0 Å². The molecule has 2 aromatic carbocycles. The number of halogens is 1. The van der Waals surface area contributed by atoms with E-state index in [0.29, 0.717) is 29.5 Å². The molecule has 0 fully saturated rings. The summed E-state index contributed by atoms with van der Waals surface area (Å²) in [5, 5.41) is 12.1. The van der Waals surface area contributed by atoms with Gasteiger partial charge in [-0.05, 0) is 29.8 Å². The molecule has 0 aliphatic heterocycles. The Balaban J connectivity index is 1.56. The van der Waals surface area contributed by atoms with E-state index in [-0.39, 0.29) is 5.82 Å². The second-order valence-electron chi connectivity index (χ2n) is 5.22. The molecule has 118 valence electrons. The molecule has 24 heavy (non-hydrogen) atoms. The number of nitrogens with zero attached hydrogens (tertiary/aromatic N) is 5. The lowest BCUT2D eigenvalue weighted by Gasteiger charge is -1.98. The average Bonchev–Trinajstić information content (AvgIpc) is 3.26. The largest absolute Gasteiger partial charge is 0.334 e. The molecule has 0 unspecified atom stereocenters. The van der Waals surface area contributed by atoms with Gasteiger partial charge in [0.05, 0.1) is 12.7 Å². The van der Waals surface area contributed by atoms with Gasteiger partial charge in [-0.25, -0.2) is 9.07 Å². The minimum Gasteiger partial charge on any atom is -0.334 e. The van der Waals surface area contributed by atoms with Gasteiger partial charge < -0.3 is 4.52 Å². The lowest BCUT2D eigenvalue weighted by atomic mass is 10.2. The van der Waals surface area contributed by atoms with Gasteiger partial charge in [0.2, 0.25) is 5.82 Å². The van der Waals surface area contributed by atoms with Crippen LogP contribution in [0, 0.1) is 5.82 Å². The molecule has 0 radical (unpaired) electrons. The van der Waals surface area contributed by atoms with Crippen molar-refractivity contribution < 1.29 is 8.91 Å². The zero-order chi connectivity index (χ0) is 16.4. The normalized spacial score (nSPS) is 10.9. The van der Waals surface area contributed by atoms with Crippen LogP contribution in [0.3, 0.4) is 0 Å². The highest BCUT2D eigenvalue weighted by atomic mass is 19.1. The molecule has 7 heteroatoms. The molecule has 4 aromatic rings. The van der Waals surface area contributed by atoms with Gasteiger partial charge in [0.25, 0.3) is 5.89 Å². The fourth-order valence-electron chi connectivity index (χ4n) is 2.29. The fourth-order valence-corrected chi connectivity index (χ4v) is 2.29. The standard InChI is InChI=1S/C17H12FN5O/c18-14-8-6-13(7-9-14)17-19-16(21-24-17)15-11-23(22-20-15)10-12-4-2-1-3-5-12/h1-9,11H,10H2. The quantitative estimate of drug-likeness (QED) is 0.577. The number of hydrogen-bond acceptors (Lipinski definition) is 5. The minimum absolute atomic E-state index is 0.308. The highest BCUT2D eigenvalue weighted by Gasteiger charge is 2.14. The minimum atomic E-state index is -0.317. The first-order valence-corrected chi connectivity index (χ1v) is 7.32. The molecule has 0 saturated heterocycles. The first-order valence-electron chi connectivity index (χ1n) is 7.32. The Morgan fingerprint density at radius 3 is 2.58 bits per heavy atom. The maximum Gasteiger partial charge on any atom is 0.258 e. The van der Waals surface area contributed by atoms with E-state index in [1.54, 1.807) is 23.0 Å². The first kappa shape index (κ1) is 14.3. The van der Waals surface area contributed by atoms with Gasteiger partial charge in [0.15, 0.2) is 5.69 Å². The highest BCUT2D eigenvalue weighted by molar-refractivity contribution is 5.56. The molecule has 0 spiro atoms. The van der Waals surface area contributed by atoms with Crippen LogP contribution in [-0.4, -0.2) is 25.1 Å². The predicted molar refractivity (Wildman–Crippen MR) is 84.3 cm³/mol. The van der Waals surface area contributed by atoms with E-state index >= 15 is 0 Å². The Labute approximate surface area is 136 Å². The summed E-state index contributed by atoms with van der Waals surface area (Å²) in [6.45, 7) is 0.608. The van der Waals surface area contributed by atoms with Crippen LogP contribution < -0.4 is 0 Å². The molecule has 0 amide bonds. The van der Waals surface area contributed by atoms with Crippen LogP contribution in [0.15, 0.2) is 65.3 Å². The van der Waals surface area contributed by atoms with Crippen LogP contribution in [-0.2, 0) is 6.54 Å². The summed E-state index contributed by atoms with van der Waals surface area (Å²) in [5.74, 6) is 0.332. The van der Waals surface area contributed by atoms with Gasteiger partial charge in [-0.3, -0.25) is 0 Å². The average molecular weight is 321 g/mol. The monoisotopic (exact) mass is 321 g/mol. The van der Waals surface area contributed by atoms with E-state index in [4.69, 9.17) is 4.52 Å². The third kappa shape index (κ3) is 2.91. The Morgan fingerprint density at radius 2 is 1.79 bits per heavy atom. The van der Waals surface area contributed by atoms with Crippen molar-refractivity contribution in [1.29, 1.82) is 0 Å². The van der Waals surface area contributed by atoms with E-state index in [0.717, 1.165) is 5.56 Å². The maximum absolute atomic E-state index is 13.0. The fraction of sp³-hybridized carbons (Fsp3) is 0.0588. The zero-order valence-electron chi connectivity index (χ0n) is 12.5. The molecular weight excluding hydrogens is 309 g/mol. The molecule has 2 heterocycles. The molecule has 0 bridgehead atoms. The van der Waals surface area contributed by atoms with Gasteiger partial charge in [-0.1, -0.05) is 40.7 Å². The Morgan fingerprint density at radius 1 is 1.00 bits per heavy atom. The lowest BCUT2D eigenvalue weighted by molar-refractivity contribution is 0.432. The van der Waals surface area contributed by atoms with E-state index in [1.165, 1.54) is 12.1 Å². The van der Waals surface area contributed by atoms with E-state index in [2.05, 4.69) is 20.5 Å². The van der Waals surface area contributed by atoms with Crippen LogP contribution in [0.25, 0.3) is 23.0 Å². The number of aromatic nitrogens is 5. The molecule has 4 rings (SSSR count). The molecule has 0 aliphatic rings. The number of benzene rings is 2. The van der Waals surface area contributed by atoms with Crippen LogP contribution in [0.5, 0.6) is 0 Å². The topological polar surface area (TPSA) is 69.6 Å². The zero-order valence-corrected chi connectivity index (χ0v) is 12.5.